The van der Waals surface area contributed by atoms with Gasteiger partial charge in [0.15, 0.2) is 0 Å². The summed E-state index contributed by atoms with van der Waals surface area (Å²) in [4.78, 5) is 0. The quantitative estimate of drug-likeness (QED) is 0.877. The number of nitrogens with one attached hydrogen (secondary N) is 1. The Labute approximate surface area is 122 Å². The second-order valence-electron chi connectivity index (χ2n) is 6.72. The van der Waals surface area contributed by atoms with Gasteiger partial charge in [0.05, 0.1) is 5.60 Å². The Kier molecular flexibility index (Phi) is 4.13. The second-order valence-corrected chi connectivity index (χ2v) is 6.72. The van der Waals surface area contributed by atoms with E-state index < -0.39 is 5.60 Å². The Bertz CT molecular complexity index is 430. The maximum absolute atomic E-state index is 11.2. The highest BCUT2D eigenvalue weighted by molar-refractivity contribution is 5.19. The average Bonchev–Trinajstić information content (AvgIpc) is 2.49. The summed E-state index contributed by atoms with van der Waals surface area (Å²) in [7, 11) is 0. The van der Waals surface area contributed by atoms with Crippen LogP contribution in [0.25, 0.3) is 0 Å². The third-order valence-corrected chi connectivity index (χ3v) is 5.49. The molecule has 3 rings (SSSR count). The van der Waals surface area contributed by atoms with Crippen molar-refractivity contribution in [3.63, 3.8) is 0 Å². The minimum Gasteiger partial charge on any atom is -0.388 e. The predicted octanol–water partition coefficient (Wildman–Crippen LogP) is 3.81. The third kappa shape index (κ3) is 2.64. The van der Waals surface area contributed by atoms with Gasteiger partial charge in [-0.1, -0.05) is 49.6 Å². The Balaban J connectivity index is 1.72. The van der Waals surface area contributed by atoms with Gasteiger partial charge >= 0.3 is 0 Å². The van der Waals surface area contributed by atoms with Crippen molar-refractivity contribution in [1.29, 1.82) is 0 Å². The monoisotopic (exact) mass is 273 g/mol. The number of hydrogen-bond donors (Lipinski definition) is 2. The first-order chi connectivity index (χ1) is 9.70. The largest absolute Gasteiger partial charge is 0.388 e. The number of rotatable bonds is 3. The molecule has 2 saturated carbocycles. The molecular weight excluding hydrogens is 246 g/mol. The van der Waals surface area contributed by atoms with Crippen LogP contribution in [-0.2, 0) is 0 Å². The molecule has 2 heteroatoms. The lowest BCUT2D eigenvalue weighted by atomic mass is 9.64. The summed E-state index contributed by atoms with van der Waals surface area (Å²) in [6.45, 7) is 2.21. The van der Waals surface area contributed by atoms with E-state index in [-0.39, 0.29) is 6.04 Å². The van der Waals surface area contributed by atoms with Crippen LogP contribution in [0.15, 0.2) is 30.3 Å². The fraction of sp³-hybridized carbons (Fsp3) is 0.667. The number of aliphatic hydroxyl groups is 1. The second kappa shape index (κ2) is 5.87. The standard InChI is InChI=1S/C18H27NO/c1-14(15-8-3-2-4-9-15)19-17-12-7-11-16-10-5-6-13-18(16,17)20/h2-4,8-9,14,16-17,19-20H,5-7,10-13H2,1H3/t14-,16+,17+,18+/m0/s1. The van der Waals surface area contributed by atoms with E-state index in [9.17, 15) is 5.11 Å². The van der Waals surface area contributed by atoms with Crippen molar-refractivity contribution in [2.75, 3.05) is 0 Å². The van der Waals surface area contributed by atoms with Gasteiger partial charge in [-0.25, -0.2) is 0 Å². The lowest BCUT2D eigenvalue weighted by Crippen LogP contribution is -2.59. The smallest absolute Gasteiger partial charge is 0.0828 e. The fourth-order valence-electron chi connectivity index (χ4n) is 4.29. The summed E-state index contributed by atoms with van der Waals surface area (Å²) >= 11 is 0. The SMILES string of the molecule is C[C@H](N[C@@H]1CCC[C@H]2CCCC[C@@]21O)c1ccccc1. The zero-order chi connectivity index (χ0) is 14.0. The normalized spacial score (nSPS) is 35.3. The summed E-state index contributed by atoms with van der Waals surface area (Å²) in [6.07, 6.45) is 8.27. The Morgan fingerprint density at radius 3 is 2.65 bits per heavy atom. The minimum absolute atomic E-state index is 0.261. The van der Waals surface area contributed by atoms with E-state index in [4.69, 9.17) is 0 Å². The molecule has 2 fully saturated rings. The van der Waals surface area contributed by atoms with Crippen molar-refractivity contribution in [3.05, 3.63) is 35.9 Å². The maximum Gasteiger partial charge on any atom is 0.0828 e. The van der Waals surface area contributed by atoms with Crippen LogP contribution in [0.2, 0.25) is 0 Å². The van der Waals surface area contributed by atoms with Gasteiger partial charge in [0, 0.05) is 12.1 Å². The molecule has 2 nitrogen and oxygen atoms in total. The van der Waals surface area contributed by atoms with Crippen LogP contribution in [-0.4, -0.2) is 16.7 Å². The molecule has 2 aliphatic rings. The molecule has 2 N–H and O–H groups in total. The molecule has 0 aliphatic heterocycles. The lowest BCUT2D eigenvalue weighted by Gasteiger charge is -2.50. The molecular formula is C18H27NO. The van der Waals surface area contributed by atoms with Gasteiger partial charge in [-0.2, -0.15) is 0 Å². The molecule has 20 heavy (non-hydrogen) atoms. The molecule has 0 unspecified atom stereocenters. The number of hydrogen-bond acceptors (Lipinski definition) is 2. The number of benzene rings is 1. The van der Waals surface area contributed by atoms with Crippen LogP contribution in [0, 0.1) is 5.92 Å². The van der Waals surface area contributed by atoms with Crippen molar-refractivity contribution in [2.45, 2.75) is 69.6 Å². The van der Waals surface area contributed by atoms with Crippen molar-refractivity contribution in [1.82, 2.24) is 5.32 Å². The predicted molar refractivity (Wildman–Crippen MR) is 82.5 cm³/mol. The summed E-state index contributed by atoms with van der Waals surface area (Å²) in [5, 5.41) is 14.9. The van der Waals surface area contributed by atoms with E-state index in [1.807, 2.05) is 0 Å². The molecule has 0 spiro atoms. The lowest BCUT2D eigenvalue weighted by molar-refractivity contribution is -0.101. The molecule has 110 valence electrons. The Morgan fingerprint density at radius 1 is 1.10 bits per heavy atom. The van der Waals surface area contributed by atoms with E-state index in [0.29, 0.717) is 12.0 Å². The first-order valence-corrected chi connectivity index (χ1v) is 8.23. The Hall–Kier alpha value is -0.860. The van der Waals surface area contributed by atoms with Crippen molar-refractivity contribution in [2.24, 2.45) is 5.92 Å². The molecule has 4 atom stereocenters. The molecule has 0 bridgehead atoms. The molecule has 0 aromatic heterocycles. The number of fused-ring (bicyclic) bond motifs is 1. The molecule has 0 saturated heterocycles. The molecule has 0 heterocycles. The molecule has 0 amide bonds. The van der Waals surface area contributed by atoms with Gasteiger partial charge in [0.1, 0.15) is 0 Å². The van der Waals surface area contributed by atoms with Gasteiger partial charge in [0.25, 0.3) is 0 Å². The summed E-state index contributed by atoms with van der Waals surface area (Å²) in [5.41, 5.74) is 0.855. The highest BCUT2D eigenvalue weighted by Crippen LogP contribution is 2.44. The van der Waals surface area contributed by atoms with Crippen LogP contribution in [0.3, 0.4) is 0 Å². The summed E-state index contributed by atoms with van der Waals surface area (Å²) < 4.78 is 0. The van der Waals surface area contributed by atoms with E-state index in [1.54, 1.807) is 0 Å². The van der Waals surface area contributed by atoms with Crippen LogP contribution in [0.1, 0.15) is 63.5 Å². The van der Waals surface area contributed by atoms with E-state index in [0.717, 1.165) is 12.8 Å². The summed E-state index contributed by atoms with van der Waals surface area (Å²) in [6, 6.07) is 11.1. The average molecular weight is 273 g/mol. The third-order valence-electron chi connectivity index (χ3n) is 5.49. The van der Waals surface area contributed by atoms with Gasteiger partial charge in [-0.3, -0.25) is 0 Å². The first kappa shape index (κ1) is 14.1. The van der Waals surface area contributed by atoms with Gasteiger partial charge < -0.3 is 10.4 Å². The van der Waals surface area contributed by atoms with Crippen molar-refractivity contribution < 1.29 is 5.11 Å². The maximum atomic E-state index is 11.2. The van der Waals surface area contributed by atoms with E-state index >= 15 is 0 Å². The van der Waals surface area contributed by atoms with E-state index in [1.165, 1.54) is 37.7 Å². The zero-order valence-corrected chi connectivity index (χ0v) is 12.5. The molecule has 2 aliphatic carbocycles. The minimum atomic E-state index is -0.459. The van der Waals surface area contributed by atoms with Gasteiger partial charge in [-0.05, 0) is 44.1 Å². The van der Waals surface area contributed by atoms with Gasteiger partial charge in [-0.15, -0.1) is 0 Å². The van der Waals surface area contributed by atoms with Crippen LogP contribution < -0.4 is 5.32 Å². The highest BCUT2D eigenvalue weighted by atomic mass is 16.3. The van der Waals surface area contributed by atoms with Crippen molar-refractivity contribution >= 4 is 0 Å². The van der Waals surface area contributed by atoms with Crippen LogP contribution in [0.4, 0.5) is 0 Å². The topological polar surface area (TPSA) is 32.3 Å². The van der Waals surface area contributed by atoms with Crippen LogP contribution in [0.5, 0.6) is 0 Å². The summed E-state index contributed by atoms with van der Waals surface area (Å²) in [5.74, 6) is 0.519. The molecule has 1 aromatic rings. The van der Waals surface area contributed by atoms with E-state index in [2.05, 4.69) is 42.6 Å². The molecule has 0 radical (unpaired) electrons. The van der Waals surface area contributed by atoms with Gasteiger partial charge in [0.2, 0.25) is 0 Å². The van der Waals surface area contributed by atoms with Crippen molar-refractivity contribution in [3.8, 4) is 0 Å². The fourth-order valence-corrected chi connectivity index (χ4v) is 4.29. The van der Waals surface area contributed by atoms with Crippen LogP contribution >= 0.6 is 0 Å². The Morgan fingerprint density at radius 2 is 1.85 bits per heavy atom. The highest BCUT2D eigenvalue weighted by Gasteiger charge is 2.47. The first-order valence-electron chi connectivity index (χ1n) is 8.23. The molecule has 1 aromatic carbocycles. The zero-order valence-electron chi connectivity index (χ0n) is 12.5.